The fourth-order valence-electron chi connectivity index (χ4n) is 3.96. The maximum absolute atomic E-state index is 11.9. The lowest BCUT2D eigenvalue weighted by Crippen LogP contribution is -2.50. The van der Waals surface area contributed by atoms with Gasteiger partial charge in [-0.15, -0.1) is 24.0 Å². The molecule has 0 spiro atoms. The van der Waals surface area contributed by atoms with Gasteiger partial charge in [-0.2, -0.15) is 0 Å². The highest BCUT2D eigenvalue weighted by molar-refractivity contribution is 14.0. The first kappa shape index (κ1) is 23.9. The van der Waals surface area contributed by atoms with E-state index < -0.39 is 0 Å². The van der Waals surface area contributed by atoms with Crippen molar-refractivity contribution in [3.8, 4) is 0 Å². The minimum absolute atomic E-state index is 0. The molecule has 7 heteroatoms. The van der Waals surface area contributed by atoms with Crippen LogP contribution in [0.1, 0.15) is 44.1 Å². The van der Waals surface area contributed by atoms with E-state index in [0.717, 1.165) is 51.4 Å². The Labute approximate surface area is 192 Å². The van der Waals surface area contributed by atoms with Gasteiger partial charge < -0.3 is 16.0 Å². The van der Waals surface area contributed by atoms with Gasteiger partial charge in [0.25, 0.3) is 0 Å². The third kappa shape index (κ3) is 7.77. The highest BCUT2D eigenvalue weighted by Crippen LogP contribution is 2.46. The van der Waals surface area contributed by atoms with Gasteiger partial charge in [0.05, 0.1) is 6.54 Å². The van der Waals surface area contributed by atoms with Gasteiger partial charge in [-0.05, 0) is 43.1 Å². The van der Waals surface area contributed by atoms with Gasteiger partial charge in [0.15, 0.2) is 5.96 Å². The van der Waals surface area contributed by atoms with Crippen LogP contribution in [0.25, 0.3) is 0 Å². The minimum atomic E-state index is 0. The molecular formula is C22H36IN5O. The molecule has 2 atom stereocenters. The van der Waals surface area contributed by atoms with E-state index >= 15 is 0 Å². The van der Waals surface area contributed by atoms with Crippen molar-refractivity contribution in [1.82, 2.24) is 20.9 Å². The van der Waals surface area contributed by atoms with Crippen LogP contribution in [0, 0.1) is 5.92 Å². The van der Waals surface area contributed by atoms with Gasteiger partial charge in [0, 0.05) is 39.3 Å². The number of hydrogen-bond donors (Lipinski definition) is 3. The largest absolute Gasteiger partial charge is 0.356 e. The molecule has 0 bridgehead atoms. The molecule has 162 valence electrons. The lowest BCUT2D eigenvalue weighted by molar-refractivity contribution is -0.122. The SMILES string of the molecule is CCCNC(=O)CN1CCC(NC(=NC)NCC2CC2c2ccccc2)CC1.I. The van der Waals surface area contributed by atoms with Gasteiger partial charge in [0.1, 0.15) is 0 Å². The number of nitrogens with zero attached hydrogens (tertiary/aromatic N) is 2. The number of aliphatic imine (C=N–C) groups is 1. The molecule has 6 nitrogen and oxygen atoms in total. The first-order chi connectivity index (χ1) is 13.7. The molecule has 1 amide bonds. The highest BCUT2D eigenvalue weighted by Gasteiger charge is 2.37. The summed E-state index contributed by atoms with van der Waals surface area (Å²) in [4.78, 5) is 18.5. The first-order valence-corrected chi connectivity index (χ1v) is 10.7. The van der Waals surface area contributed by atoms with Gasteiger partial charge in [-0.1, -0.05) is 37.3 Å². The van der Waals surface area contributed by atoms with Crippen molar-refractivity contribution in [1.29, 1.82) is 0 Å². The number of amides is 1. The van der Waals surface area contributed by atoms with E-state index in [1.165, 1.54) is 12.0 Å². The second kappa shape index (κ2) is 12.4. The lowest BCUT2D eigenvalue weighted by atomic mass is 10.1. The van der Waals surface area contributed by atoms with Crippen LogP contribution in [0.5, 0.6) is 0 Å². The van der Waals surface area contributed by atoms with Gasteiger partial charge in [-0.3, -0.25) is 14.7 Å². The normalized spacial score (nSPS) is 22.5. The summed E-state index contributed by atoms with van der Waals surface area (Å²) in [6.07, 6.45) is 4.32. The zero-order valence-electron chi connectivity index (χ0n) is 17.7. The molecule has 2 unspecified atom stereocenters. The van der Waals surface area contributed by atoms with Crippen LogP contribution in [0.4, 0.5) is 0 Å². The fourth-order valence-corrected chi connectivity index (χ4v) is 3.96. The maximum atomic E-state index is 11.9. The van der Waals surface area contributed by atoms with E-state index in [4.69, 9.17) is 0 Å². The molecule has 1 aliphatic heterocycles. The molecule has 3 rings (SSSR count). The molecule has 1 saturated heterocycles. The van der Waals surface area contributed by atoms with Gasteiger partial charge in [0.2, 0.25) is 5.91 Å². The molecule has 1 saturated carbocycles. The van der Waals surface area contributed by atoms with Gasteiger partial charge in [-0.25, -0.2) is 0 Å². The third-order valence-electron chi connectivity index (χ3n) is 5.77. The Morgan fingerprint density at radius 1 is 1.17 bits per heavy atom. The molecule has 0 aromatic heterocycles. The fraction of sp³-hybridized carbons (Fsp3) is 0.636. The average molecular weight is 513 g/mol. The Morgan fingerprint density at radius 3 is 2.55 bits per heavy atom. The third-order valence-corrected chi connectivity index (χ3v) is 5.77. The Morgan fingerprint density at radius 2 is 1.90 bits per heavy atom. The number of halogens is 1. The van der Waals surface area contributed by atoms with Crippen LogP contribution in [-0.2, 0) is 4.79 Å². The van der Waals surface area contributed by atoms with Crippen LogP contribution in [0.3, 0.4) is 0 Å². The second-order valence-electron chi connectivity index (χ2n) is 8.01. The molecule has 0 radical (unpaired) electrons. The van der Waals surface area contributed by atoms with Crippen LogP contribution in [0.2, 0.25) is 0 Å². The average Bonchev–Trinajstić information content (AvgIpc) is 3.51. The van der Waals surface area contributed by atoms with Crippen molar-refractivity contribution < 1.29 is 4.79 Å². The molecule has 3 N–H and O–H groups in total. The van der Waals surface area contributed by atoms with Crippen LogP contribution < -0.4 is 16.0 Å². The minimum Gasteiger partial charge on any atom is -0.356 e. The maximum Gasteiger partial charge on any atom is 0.234 e. The molecule has 2 aliphatic rings. The van der Waals surface area contributed by atoms with Crippen LogP contribution in [-0.4, -0.2) is 62.6 Å². The number of carbonyl (C=O) groups is 1. The first-order valence-electron chi connectivity index (χ1n) is 10.7. The van der Waals surface area contributed by atoms with Crippen molar-refractivity contribution in [3.05, 3.63) is 35.9 Å². The summed E-state index contributed by atoms with van der Waals surface area (Å²) in [6.45, 7) is 6.23. The smallest absolute Gasteiger partial charge is 0.234 e. The van der Waals surface area contributed by atoms with Crippen LogP contribution in [0.15, 0.2) is 35.3 Å². The van der Waals surface area contributed by atoms with E-state index in [9.17, 15) is 4.79 Å². The van der Waals surface area contributed by atoms with E-state index in [1.807, 2.05) is 7.05 Å². The summed E-state index contributed by atoms with van der Waals surface area (Å²) in [5.41, 5.74) is 1.45. The Balaban J connectivity index is 0.00000300. The molecule has 1 aromatic carbocycles. The summed E-state index contributed by atoms with van der Waals surface area (Å²) >= 11 is 0. The van der Waals surface area contributed by atoms with E-state index in [-0.39, 0.29) is 29.9 Å². The standard InChI is InChI=1S/C22H35N5O.HI/c1-3-11-24-21(28)16-27-12-9-19(10-13-27)26-22(23-2)25-15-18-14-20(18)17-7-5-4-6-8-17;/h4-8,18-20H,3,9-16H2,1-2H3,(H,24,28)(H2,23,25,26);1H. The summed E-state index contributed by atoms with van der Waals surface area (Å²) in [5, 5.41) is 10.0. The van der Waals surface area contributed by atoms with Crippen molar-refractivity contribution in [2.75, 3.05) is 39.8 Å². The number of rotatable bonds is 8. The zero-order chi connectivity index (χ0) is 19.8. The lowest BCUT2D eigenvalue weighted by Gasteiger charge is -2.32. The van der Waals surface area contributed by atoms with E-state index in [0.29, 0.717) is 24.4 Å². The monoisotopic (exact) mass is 513 g/mol. The number of likely N-dealkylation sites (tertiary alicyclic amines) is 1. The van der Waals surface area contributed by atoms with Gasteiger partial charge >= 0.3 is 0 Å². The Kier molecular flexibility index (Phi) is 10.2. The Bertz CT molecular complexity index is 646. The topological polar surface area (TPSA) is 68.8 Å². The molecule has 1 heterocycles. The summed E-state index contributed by atoms with van der Waals surface area (Å²) in [6, 6.07) is 11.2. The predicted molar refractivity (Wildman–Crippen MR) is 130 cm³/mol. The number of benzene rings is 1. The quantitative estimate of drug-likeness (QED) is 0.284. The number of carbonyl (C=O) groups excluding carboxylic acids is 1. The highest BCUT2D eigenvalue weighted by atomic mass is 127. The van der Waals surface area contributed by atoms with Crippen molar-refractivity contribution in [3.63, 3.8) is 0 Å². The number of guanidine groups is 1. The van der Waals surface area contributed by atoms with Crippen molar-refractivity contribution in [2.45, 2.75) is 44.6 Å². The second-order valence-corrected chi connectivity index (χ2v) is 8.01. The Hall–Kier alpha value is -1.35. The van der Waals surface area contributed by atoms with Crippen molar-refractivity contribution in [2.24, 2.45) is 10.9 Å². The van der Waals surface area contributed by atoms with Crippen molar-refractivity contribution >= 4 is 35.8 Å². The summed E-state index contributed by atoms with van der Waals surface area (Å²) in [5.74, 6) is 2.43. The summed E-state index contributed by atoms with van der Waals surface area (Å²) < 4.78 is 0. The van der Waals surface area contributed by atoms with Crippen LogP contribution >= 0.6 is 24.0 Å². The molecule has 2 fully saturated rings. The molecule has 1 aliphatic carbocycles. The van der Waals surface area contributed by atoms with E-state index in [2.05, 4.69) is 63.1 Å². The molecule has 29 heavy (non-hydrogen) atoms. The number of hydrogen-bond acceptors (Lipinski definition) is 3. The number of piperidine rings is 1. The number of nitrogens with one attached hydrogen (secondary N) is 3. The summed E-state index contributed by atoms with van der Waals surface area (Å²) in [7, 11) is 1.84. The molecular weight excluding hydrogens is 477 g/mol. The van der Waals surface area contributed by atoms with E-state index in [1.54, 1.807) is 0 Å². The predicted octanol–water partition coefficient (Wildman–Crippen LogP) is 2.56. The molecule has 1 aromatic rings. The zero-order valence-corrected chi connectivity index (χ0v) is 20.0.